The average molecular weight is 271 g/mol. The van der Waals surface area contributed by atoms with E-state index in [-0.39, 0.29) is 11.1 Å². The molecule has 0 fully saturated rings. The van der Waals surface area contributed by atoms with E-state index in [0.717, 1.165) is 11.1 Å². The number of hydrogen-bond acceptors (Lipinski definition) is 5. The summed E-state index contributed by atoms with van der Waals surface area (Å²) in [7, 11) is -3.56. The minimum absolute atomic E-state index is 0.0593. The van der Waals surface area contributed by atoms with E-state index in [1.807, 2.05) is 13.8 Å². The van der Waals surface area contributed by atoms with E-state index < -0.39 is 10.0 Å². The van der Waals surface area contributed by atoms with Crippen LogP contribution in [0.15, 0.2) is 23.5 Å². The Morgan fingerprint density at radius 1 is 1.53 bits per heavy atom. The van der Waals surface area contributed by atoms with Crippen LogP contribution in [0.1, 0.15) is 20.3 Å². The van der Waals surface area contributed by atoms with Crippen LogP contribution < -0.4 is 4.72 Å². The van der Waals surface area contributed by atoms with Crippen molar-refractivity contribution in [2.75, 3.05) is 0 Å². The minimum atomic E-state index is -3.56. The quantitative estimate of drug-likeness (QED) is 0.920. The van der Waals surface area contributed by atoms with E-state index in [1.54, 1.807) is 6.07 Å². The third kappa shape index (κ3) is 2.46. The molecule has 1 unspecified atom stereocenters. The number of rotatable bonds is 4. The number of hydrogen-bond donors (Lipinski definition) is 1. The van der Waals surface area contributed by atoms with Crippen molar-refractivity contribution in [2.24, 2.45) is 0 Å². The second-order valence-corrected chi connectivity index (χ2v) is 6.25. The molecule has 0 aliphatic heterocycles. The lowest BCUT2D eigenvalue weighted by atomic mass is 10.3. The molecule has 0 spiro atoms. The highest BCUT2D eigenvalue weighted by atomic mass is 32.2. The minimum Gasteiger partial charge on any atom is -0.243 e. The lowest BCUT2D eigenvalue weighted by Gasteiger charge is -2.11. The molecule has 7 heteroatoms. The first-order valence-corrected chi connectivity index (χ1v) is 7.52. The summed E-state index contributed by atoms with van der Waals surface area (Å²) < 4.78 is 31.6. The number of sulfonamides is 1. The van der Waals surface area contributed by atoms with Gasteiger partial charge >= 0.3 is 0 Å². The largest absolute Gasteiger partial charge is 0.258 e. The normalized spacial score (nSPS) is 14.0. The van der Waals surface area contributed by atoms with Crippen LogP contribution in [0.2, 0.25) is 0 Å². The van der Waals surface area contributed by atoms with Gasteiger partial charge in [0.1, 0.15) is 0 Å². The Morgan fingerprint density at radius 3 is 3.00 bits per heavy atom. The summed E-state index contributed by atoms with van der Waals surface area (Å²) in [6.45, 7) is 3.75. The highest BCUT2D eigenvalue weighted by Gasteiger charge is 2.21. The van der Waals surface area contributed by atoms with Gasteiger partial charge in [0.05, 0.1) is 16.3 Å². The van der Waals surface area contributed by atoms with Crippen LogP contribution in [-0.4, -0.2) is 23.8 Å². The average Bonchev–Trinajstić information content (AvgIpc) is 2.75. The molecule has 0 saturated carbocycles. The lowest BCUT2D eigenvalue weighted by molar-refractivity contribution is 0.553. The summed E-state index contributed by atoms with van der Waals surface area (Å²) in [4.78, 5) is 3.95. The first-order chi connectivity index (χ1) is 8.04. The second kappa shape index (κ2) is 4.67. The molecule has 2 rings (SSSR count). The second-order valence-electron chi connectivity index (χ2n) is 3.78. The Bertz CT molecular complexity index is 621. The van der Waals surface area contributed by atoms with Crippen molar-refractivity contribution in [3.63, 3.8) is 0 Å². The van der Waals surface area contributed by atoms with Crippen LogP contribution in [0.25, 0.3) is 10.1 Å². The van der Waals surface area contributed by atoms with Gasteiger partial charge in [-0.05, 0) is 30.9 Å². The molecule has 0 aromatic carbocycles. The van der Waals surface area contributed by atoms with Crippen molar-refractivity contribution >= 4 is 31.6 Å². The number of aromatic nitrogens is 2. The fourth-order valence-electron chi connectivity index (χ4n) is 1.39. The zero-order valence-corrected chi connectivity index (χ0v) is 11.2. The molecule has 0 aliphatic carbocycles. The lowest BCUT2D eigenvalue weighted by Crippen LogP contribution is -2.32. The van der Waals surface area contributed by atoms with Gasteiger partial charge in [0.15, 0.2) is 5.03 Å². The number of pyridine rings is 1. The molecule has 2 heterocycles. The monoisotopic (exact) mass is 271 g/mol. The molecule has 1 atom stereocenters. The first kappa shape index (κ1) is 12.4. The maximum absolute atomic E-state index is 12.1. The number of fused-ring (bicyclic) bond motifs is 1. The molecule has 0 radical (unpaired) electrons. The predicted molar refractivity (Wildman–Crippen MR) is 67.5 cm³/mol. The van der Waals surface area contributed by atoms with Crippen LogP contribution in [-0.2, 0) is 10.0 Å². The van der Waals surface area contributed by atoms with Crippen LogP contribution >= 0.6 is 11.5 Å². The smallest absolute Gasteiger partial charge is 0.243 e. The van der Waals surface area contributed by atoms with E-state index in [4.69, 9.17) is 0 Å². The van der Waals surface area contributed by atoms with Gasteiger partial charge in [0.25, 0.3) is 10.0 Å². The van der Waals surface area contributed by atoms with Gasteiger partial charge in [-0.3, -0.25) is 0 Å². The molecule has 1 N–H and O–H groups in total. The Labute approximate surface area is 104 Å². The van der Waals surface area contributed by atoms with Crippen molar-refractivity contribution in [2.45, 2.75) is 31.3 Å². The zero-order chi connectivity index (χ0) is 12.5. The Kier molecular flexibility index (Phi) is 3.41. The van der Waals surface area contributed by atoms with E-state index >= 15 is 0 Å². The highest BCUT2D eigenvalue weighted by Crippen LogP contribution is 2.23. The van der Waals surface area contributed by atoms with Gasteiger partial charge in [-0.1, -0.05) is 6.92 Å². The van der Waals surface area contributed by atoms with Gasteiger partial charge in [-0.25, -0.2) is 18.1 Å². The van der Waals surface area contributed by atoms with Crippen LogP contribution in [0.4, 0.5) is 0 Å². The fourth-order valence-corrected chi connectivity index (χ4v) is 3.56. The summed E-state index contributed by atoms with van der Waals surface area (Å²) in [5.74, 6) is 0. The molecular weight excluding hydrogens is 258 g/mol. The summed E-state index contributed by atoms with van der Waals surface area (Å²) >= 11 is 1.26. The fraction of sp³-hybridized carbons (Fsp3) is 0.400. The molecule has 0 bridgehead atoms. The van der Waals surface area contributed by atoms with E-state index in [1.165, 1.54) is 23.9 Å². The summed E-state index contributed by atoms with van der Waals surface area (Å²) in [5.41, 5.74) is 0. The Hall–Kier alpha value is -1.05. The molecule has 2 aromatic rings. The van der Waals surface area contributed by atoms with Crippen molar-refractivity contribution in [3.05, 3.63) is 18.5 Å². The zero-order valence-electron chi connectivity index (χ0n) is 9.54. The van der Waals surface area contributed by atoms with Gasteiger partial charge in [-0.15, -0.1) is 0 Å². The summed E-state index contributed by atoms with van der Waals surface area (Å²) in [5, 5.41) is 0.636. The Balaban J connectivity index is 2.49. The molecule has 2 aromatic heterocycles. The topological polar surface area (TPSA) is 72.0 Å². The van der Waals surface area contributed by atoms with E-state index in [2.05, 4.69) is 14.1 Å². The molecule has 92 valence electrons. The highest BCUT2D eigenvalue weighted by molar-refractivity contribution is 7.89. The van der Waals surface area contributed by atoms with Gasteiger partial charge in [0, 0.05) is 12.2 Å². The molecule has 0 amide bonds. The van der Waals surface area contributed by atoms with E-state index in [9.17, 15) is 8.42 Å². The van der Waals surface area contributed by atoms with Crippen molar-refractivity contribution in [3.8, 4) is 0 Å². The number of nitrogens with one attached hydrogen (secondary N) is 1. The molecular formula is C10H13N3O2S2. The van der Waals surface area contributed by atoms with Gasteiger partial charge < -0.3 is 0 Å². The molecule has 0 saturated heterocycles. The standard InChI is InChI=1S/C10H13N3O2S2/c1-3-7(2)13-17(14,15)10-8-6-12-16-9(8)4-5-11-10/h4-7,13H,3H2,1-2H3. The molecule has 17 heavy (non-hydrogen) atoms. The van der Waals surface area contributed by atoms with E-state index in [0.29, 0.717) is 5.39 Å². The van der Waals surface area contributed by atoms with Crippen molar-refractivity contribution < 1.29 is 8.42 Å². The SMILES string of the molecule is CCC(C)NS(=O)(=O)c1nccc2sncc12. The maximum atomic E-state index is 12.1. The molecule has 5 nitrogen and oxygen atoms in total. The van der Waals surface area contributed by atoms with Gasteiger partial charge in [-0.2, -0.15) is 4.37 Å². The number of nitrogens with zero attached hydrogens (tertiary/aromatic N) is 2. The Morgan fingerprint density at radius 2 is 2.29 bits per heavy atom. The first-order valence-electron chi connectivity index (χ1n) is 5.26. The van der Waals surface area contributed by atoms with Crippen LogP contribution in [0, 0.1) is 0 Å². The van der Waals surface area contributed by atoms with Crippen molar-refractivity contribution in [1.82, 2.24) is 14.1 Å². The summed E-state index contributed by atoms with van der Waals surface area (Å²) in [6, 6.07) is 1.65. The predicted octanol–water partition coefficient (Wildman–Crippen LogP) is 1.77. The van der Waals surface area contributed by atoms with Crippen LogP contribution in [0.3, 0.4) is 0 Å². The summed E-state index contributed by atoms with van der Waals surface area (Å²) in [6.07, 6.45) is 3.76. The maximum Gasteiger partial charge on any atom is 0.258 e. The van der Waals surface area contributed by atoms with Gasteiger partial charge in [0.2, 0.25) is 0 Å². The molecule has 0 aliphatic rings. The third-order valence-corrected chi connectivity index (χ3v) is 4.78. The van der Waals surface area contributed by atoms with Crippen LogP contribution in [0.5, 0.6) is 0 Å². The third-order valence-electron chi connectivity index (χ3n) is 2.47. The van der Waals surface area contributed by atoms with Crippen molar-refractivity contribution in [1.29, 1.82) is 0 Å².